The van der Waals surface area contributed by atoms with Crippen LogP contribution in [0.5, 0.6) is 0 Å². The first-order valence-corrected chi connectivity index (χ1v) is 9.46. The van der Waals surface area contributed by atoms with E-state index in [0.29, 0.717) is 30.6 Å². The van der Waals surface area contributed by atoms with Crippen molar-refractivity contribution >= 4 is 29.9 Å². The molecule has 162 valence electrons. The number of oxazole rings is 1. The summed E-state index contributed by atoms with van der Waals surface area (Å²) in [5, 5.41) is 6.32. The molecule has 3 rings (SSSR count). The molecule has 0 aliphatic heterocycles. The Kier molecular flexibility index (Phi) is 7.99. The second-order valence-corrected chi connectivity index (χ2v) is 7.78. The van der Waals surface area contributed by atoms with Gasteiger partial charge in [0.05, 0.1) is 18.4 Å². The number of aromatic nitrogens is 3. The quantitative estimate of drug-likeness (QED) is 0.298. The van der Waals surface area contributed by atoms with Gasteiger partial charge in [0.2, 0.25) is 5.89 Å². The molecule has 0 spiro atoms. The van der Waals surface area contributed by atoms with E-state index in [-0.39, 0.29) is 35.2 Å². The highest BCUT2D eigenvalue weighted by atomic mass is 127. The van der Waals surface area contributed by atoms with Crippen LogP contribution in [-0.2, 0) is 18.5 Å². The van der Waals surface area contributed by atoms with Crippen molar-refractivity contribution in [2.24, 2.45) is 4.99 Å². The maximum atomic E-state index is 14.5. The van der Waals surface area contributed by atoms with E-state index in [9.17, 15) is 4.39 Å². The molecule has 7 nitrogen and oxygen atoms in total. The summed E-state index contributed by atoms with van der Waals surface area (Å²) in [5.74, 6) is 2.43. The molecule has 2 aromatic heterocycles. The lowest BCUT2D eigenvalue weighted by Gasteiger charge is -2.14. The monoisotopic (exact) mass is 526 g/mol. The number of hydrogen-bond donors (Lipinski definition) is 2. The van der Waals surface area contributed by atoms with Gasteiger partial charge in [-0.05, 0) is 24.6 Å². The molecule has 2 heterocycles. The standard InChI is InChI=1S/C21H27FN6O.HI/c1-14-24-8-9-28(14)17-7-6-15(10-16(17)22)11-26-20(23-5)27-13-19-25-12-18(29-19)21(2,3)4;/h6-10,12H,11,13H2,1-5H3,(H2,23,26,27);1H. The minimum atomic E-state index is -0.303. The first kappa shape index (κ1) is 23.8. The highest BCUT2D eigenvalue weighted by Gasteiger charge is 2.19. The van der Waals surface area contributed by atoms with E-state index >= 15 is 0 Å². The van der Waals surface area contributed by atoms with E-state index in [2.05, 4.69) is 46.4 Å². The van der Waals surface area contributed by atoms with Gasteiger partial charge in [-0.25, -0.2) is 14.4 Å². The van der Waals surface area contributed by atoms with Gasteiger partial charge in [0.25, 0.3) is 0 Å². The molecule has 9 heteroatoms. The highest BCUT2D eigenvalue weighted by Crippen LogP contribution is 2.22. The van der Waals surface area contributed by atoms with Crippen molar-refractivity contribution in [1.29, 1.82) is 0 Å². The summed E-state index contributed by atoms with van der Waals surface area (Å²) in [6.07, 6.45) is 5.14. The van der Waals surface area contributed by atoms with Crippen LogP contribution in [0, 0.1) is 12.7 Å². The summed E-state index contributed by atoms with van der Waals surface area (Å²) in [5.41, 5.74) is 1.19. The number of nitrogens with one attached hydrogen (secondary N) is 2. The van der Waals surface area contributed by atoms with Gasteiger partial charge in [0.15, 0.2) is 5.96 Å². The van der Waals surface area contributed by atoms with Crippen LogP contribution in [0.2, 0.25) is 0 Å². The van der Waals surface area contributed by atoms with Gasteiger partial charge in [-0.15, -0.1) is 24.0 Å². The molecular weight excluding hydrogens is 498 g/mol. The van der Waals surface area contributed by atoms with E-state index in [4.69, 9.17) is 4.42 Å². The fourth-order valence-electron chi connectivity index (χ4n) is 2.79. The zero-order valence-corrected chi connectivity index (χ0v) is 20.2. The number of guanidine groups is 1. The van der Waals surface area contributed by atoms with E-state index < -0.39 is 0 Å². The number of nitrogens with zero attached hydrogens (tertiary/aromatic N) is 4. The molecule has 0 aliphatic rings. The van der Waals surface area contributed by atoms with Crippen molar-refractivity contribution in [3.63, 3.8) is 0 Å². The summed E-state index contributed by atoms with van der Waals surface area (Å²) in [4.78, 5) is 12.6. The van der Waals surface area contributed by atoms with Crippen LogP contribution in [0.25, 0.3) is 5.69 Å². The van der Waals surface area contributed by atoms with Crippen molar-refractivity contribution in [3.8, 4) is 5.69 Å². The fraction of sp³-hybridized carbons (Fsp3) is 0.381. The topological polar surface area (TPSA) is 80.3 Å². The number of halogens is 2. The summed E-state index contributed by atoms with van der Waals surface area (Å²) < 4.78 is 22.0. The van der Waals surface area contributed by atoms with Gasteiger partial charge in [0.1, 0.15) is 17.4 Å². The minimum Gasteiger partial charge on any atom is -0.443 e. The maximum Gasteiger partial charge on any atom is 0.213 e. The van der Waals surface area contributed by atoms with Crippen LogP contribution in [0.4, 0.5) is 4.39 Å². The normalized spacial score (nSPS) is 11.9. The first-order chi connectivity index (χ1) is 13.8. The smallest absolute Gasteiger partial charge is 0.213 e. The molecule has 0 atom stereocenters. The third-order valence-electron chi connectivity index (χ3n) is 4.48. The fourth-order valence-corrected chi connectivity index (χ4v) is 2.79. The van der Waals surface area contributed by atoms with Gasteiger partial charge >= 0.3 is 0 Å². The van der Waals surface area contributed by atoms with E-state index in [1.807, 2.05) is 13.0 Å². The van der Waals surface area contributed by atoms with E-state index in [1.54, 1.807) is 36.3 Å². The molecule has 30 heavy (non-hydrogen) atoms. The molecule has 2 N–H and O–H groups in total. The van der Waals surface area contributed by atoms with Crippen LogP contribution in [0.3, 0.4) is 0 Å². The molecule has 1 aromatic carbocycles. The maximum absolute atomic E-state index is 14.5. The summed E-state index contributed by atoms with van der Waals surface area (Å²) >= 11 is 0. The lowest BCUT2D eigenvalue weighted by molar-refractivity contribution is 0.379. The average Bonchev–Trinajstić information content (AvgIpc) is 3.31. The second kappa shape index (κ2) is 10.1. The molecule has 0 bridgehead atoms. The van der Waals surface area contributed by atoms with Gasteiger partial charge in [-0.3, -0.25) is 4.99 Å². The Balaban J connectivity index is 0.00000320. The molecule has 3 aromatic rings. The van der Waals surface area contributed by atoms with Crippen LogP contribution >= 0.6 is 24.0 Å². The summed E-state index contributed by atoms with van der Waals surface area (Å²) in [6.45, 7) is 8.89. The SMILES string of the molecule is CN=C(NCc1ccc(-n2ccnc2C)c(F)c1)NCc1ncc(C(C)(C)C)o1.I. The van der Waals surface area contributed by atoms with Crippen molar-refractivity contribution in [3.05, 3.63) is 65.6 Å². The number of imidazole rings is 1. The molecule has 0 radical (unpaired) electrons. The first-order valence-electron chi connectivity index (χ1n) is 9.46. The van der Waals surface area contributed by atoms with Crippen molar-refractivity contribution in [2.75, 3.05) is 7.05 Å². The Morgan fingerprint density at radius 3 is 2.50 bits per heavy atom. The second-order valence-electron chi connectivity index (χ2n) is 7.78. The lowest BCUT2D eigenvalue weighted by Crippen LogP contribution is -2.36. The largest absolute Gasteiger partial charge is 0.443 e. The van der Waals surface area contributed by atoms with Gasteiger partial charge < -0.3 is 19.6 Å². The summed E-state index contributed by atoms with van der Waals surface area (Å²) in [7, 11) is 1.68. The Morgan fingerprint density at radius 1 is 1.20 bits per heavy atom. The number of benzene rings is 1. The zero-order valence-electron chi connectivity index (χ0n) is 17.9. The summed E-state index contributed by atoms with van der Waals surface area (Å²) in [6, 6.07) is 5.14. The molecule has 0 amide bonds. The zero-order chi connectivity index (χ0) is 21.0. The highest BCUT2D eigenvalue weighted by molar-refractivity contribution is 14.0. The molecule has 0 saturated heterocycles. The van der Waals surface area contributed by atoms with Crippen LogP contribution < -0.4 is 10.6 Å². The minimum absolute atomic E-state index is 0. The predicted octanol–water partition coefficient (Wildman–Crippen LogP) is 4.09. The molecular formula is C21H28FIN6O. The molecule has 0 aliphatic carbocycles. The number of rotatable bonds is 5. The third-order valence-corrected chi connectivity index (χ3v) is 4.48. The van der Waals surface area contributed by atoms with Gasteiger partial charge in [0, 0.05) is 31.4 Å². The molecule has 0 fully saturated rings. The van der Waals surface area contributed by atoms with Crippen LogP contribution in [0.1, 0.15) is 43.8 Å². The average molecular weight is 526 g/mol. The van der Waals surface area contributed by atoms with E-state index in [1.165, 1.54) is 6.07 Å². The van der Waals surface area contributed by atoms with Gasteiger partial charge in [-0.2, -0.15) is 0 Å². The molecule has 0 unspecified atom stereocenters. The van der Waals surface area contributed by atoms with Gasteiger partial charge in [-0.1, -0.05) is 26.8 Å². The van der Waals surface area contributed by atoms with Crippen molar-refractivity contribution in [2.45, 2.75) is 46.2 Å². The third kappa shape index (κ3) is 5.80. The lowest BCUT2D eigenvalue weighted by atomic mass is 9.94. The van der Waals surface area contributed by atoms with Crippen LogP contribution in [-0.4, -0.2) is 27.5 Å². The Labute approximate surface area is 193 Å². The number of hydrogen-bond acceptors (Lipinski definition) is 4. The number of aliphatic imine (C=N–C) groups is 1. The van der Waals surface area contributed by atoms with E-state index in [0.717, 1.165) is 17.1 Å². The Bertz CT molecular complexity index is 1010. The van der Waals surface area contributed by atoms with Crippen molar-refractivity contribution in [1.82, 2.24) is 25.2 Å². The predicted molar refractivity (Wildman–Crippen MR) is 126 cm³/mol. The Hall–Kier alpha value is -2.43. The van der Waals surface area contributed by atoms with Crippen molar-refractivity contribution < 1.29 is 8.81 Å². The van der Waals surface area contributed by atoms with Crippen LogP contribution in [0.15, 0.2) is 46.2 Å². The Morgan fingerprint density at radius 2 is 1.93 bits per heavy atom. The molecule has 0 saturated carbocycles. The number of aryl methyl sites for hydroxylation is 1.